The van der Waals surface area contributed by atoms with Gasteiger partial charge in [-0.3, -0.25) is 14.7 Å². The van der Waals surface area contributed by atoms with Crippen LogP contribution in [0.25, 0.3) is 5.65 Å². The molecule has 4 rings (SSSR count). The fourth-order valence-electron chi connectivity index (χ4n) is 3.42. The molecule has 7 nitrogen and oxygen atoms in total. The lowest BCUT2D eigenvalue weighted by molar-refractivity contribution is -0.118. The van der Waals surface area contributed by atoms with E-state index in [0.717, 1.165) is 12.1 Å². The molecule has 0 aliphatic heterocycles. The smallest absolute Gasteiger partial charge is 0.266 e. The summed E-state index contributed by atoms with van der Waals surface area (Å²) in [4.78, 5) is 30.5. The molecule has 1 N–H and O–H groups in total. The van der Waals surface area contributed by atoms with Crippen molar-refractivity contribution >= 4 is 17.2 Å². The summed E-state index contributed by atoms with van der Waals surface area (Å²) in [7, 11) is 0. The molecular formula is C21H18F2N4O3. The predicted octanol–water partition coefficient (Wildman–Crippen LogP) is 3.29. The average Bonchev–Trinajstić information content (AvgIpc) is 3.32. The number of carbonyl (C=O) groups excluding carboxylic acids is 1. The van der Waals surface area contributed by atoms with Crippen LogP contribution in [0.1, 0.15) is 22.7 Å². The van der Waals surface area contributed by atoms with E-state index in [0.29, 0.717) is 28.4 Å². The summed E-state index contributed by atoms with van der Waals surface area (Å²) in [5.74, 6) is -1.58. The lowest BCUT2D eigenvalue weighted by Gasteiger charge is -2.23. The van der Waals surface area contributed by atoms with Gasteiger partial charge in [0.1, 0.15) is 17.4 Å². The third-order valence-corrected chi connectivity index (χ3v) is 4.93. The SMILES string of the molecule is Cc1nc2cc(=O)[nH]n2c(C)c1CC(=O)N(Cc1ccco1)c1ccc(F)cc1F. The molecule has 1 aromatic carbocycles. The van der Waals surface area contributed by atoms with Gasteiger partial charge in [-0.15, -0.1) is 0 Å². The van der Waals surface area contributed by atoms with Crippen LogP contribution < -0.4 is 10.5 Å². The number of nitrogens with one attached hydrogen (secondary N) is 1. The number of benzene rings is 1. The van der Waals surface area contributed by atoms with E-state index in [9.17, 15) is 18.4 Å². The van der Waals surface area contributed by atoms with E-state index in [1.165, 1.54) is 27.8 Å². The molecule has 0 aliphatic rings. The molecule has 3 aromatic heterocycles. The monoisotopic (exact) mass is 412 g/mol. The number of nitrogens with zero attached hydrogens (tertiary/aromatic N) is 3. The number of amides is 1. The Morgan fingerprint density at radius 2 is 2.03 bits per heavy atom. The second-order valence-corrected chi connectivity index (χ2v) is 6.91. The number of aromatic amines is 1. The van der Waals surface area contributed by atoms with Gasteiger partial charge in [0.15, 0.2) is 5.65 Å². The molecule has 0 spiro atoms. The van der Waals surface area contributed by atoms with Crippen LogP contribution in [0.15, 0.2) is 51.9 Å². The minimum atomic E-state index is -0.855. The molecule has 0 atom stereocenters. The normalized spacial score (nSPS) is 11.2. The molecule has 4 aromatic rings. The van der Waals surface area contributed by atoms with Crippen LogP contribution in [-0.4, -0.2) is 20.5 Å². The van der Waals surface area contributed by atoms with Crippen molar-refractivity contribution in [1.82, 2.24) is 14.6 Å². The zero-order valence-corrected chi connectivity index (χ0v) is 16.3. The number of hydrogen-bond donors (Lipinski definition) is 1. The molecule has 0 bridgehead atoms. The first-order valence-electron chi connectivity index (χ1n) is 9.19. The number of hydrogen-bond acceptors (Lipinski definition) is 4. The van der Waals surface area contributed by atoms with Gasteiger partial charge in [0.25, 0.3) is 5.56 Å². The Morgan fingerprint density at radius 3 is 2.73 bits per heavy atom. The molecule has 0 radical (unpaired) electrons. The van der Waals surface area contributed by atoms with E-state index in [1.807, 2.05) is 0 Å². The number of furan rings is 1. The number of fused-ring (bicyclic) bond motifs is 1. The second kappa shape index (κ2) is 7.58. The van der Waals surface area contributed by atoms with Gasteiger partial charge in [0.2, 0.25) is 5.91 Å². The Bertz CT molecular complexity index is 1290. The van der Waals surface area contributed by atoms with Crippen LogP contribution in [0.2, 0.25) is 0 Å². The lowest BCUT2D eigenvalue weighted by Crippen LogP contribution is -2.33. The van der Waals surface area contributed by atoms with E-state index in [1.54, 1.807) is 26.0 Å². The highest BCUT2D eigenvalue weighted by Crippen LogP contribution is 2.24. The first-order chi connectivity index (χ1) is 14.3. The van der Waals surface area contributed by atoms with Crippen LogP contribution in [0, 0.1) is 25.5 Å². The fraction of sp³-hybridized carbons (Fsp3) is 0.190. The van der Waals surface area contributed by atoms with Gasteiger partial charge < -0.3 is 9.32 Å². The van der Waals surface area contributed by atoms with Gasteiger partial charge in [-0.1, -0.05) is 0 Å². The van der Waals surface area contributed by atoms with E-state index < -0.39 is 17.5 Å². The Morgan fingerprint density at radius 1 is 1.23 bits per heavy atom. The summed E-state index contributed by atoms with van der Waals surface area (Å²) in [5, 5.41) is 2.64. The van der Waals surface area contributed by atoms with E-state index in [4.69, 9.17) is 4.42 Å². The number of anilines is 1. The largest absolute Gasteiger partial charge is 0.467 e. The van der Waals surface area contributed by atoms with E-state index in [-0.39, 0.29) is 24.2 Å². The maximum atomic E-state index is 14.5. The van der Waals surface area contributed by atoms with Gasteiger partial charge in [-0.25, -0.2) is 18.3 Å². The van der Waals surface area contributed by atoms with Gasteiger partial charge in [-0.2, -0.15) is 0 Å². The molecule has 0 unspecified atom stereocenters. The average molecular weight is 412 g/mol. The first kappa shape index (κ1) is 19.6. The van der Waals surface area contributed by atoms with Crippen LogP contribution in [0.5, 0.6) is 0 Å². The molecular weight excluding hydrogens is 394 g/mol. The summed E-state index contributed by atoms with van der Waals surface area (Å²) < 4.78 is 34.7. The maximum absolute atomic E-state index is 14.5. The standard InChI is InChI=1S/C21H18F2N4O3/c1-12-16(13(2)27-19(24-12)10-20(28)25-27)9-21(29)26(11-15-4-3-7-30-15)18-6-5-14(22)8-17(18)23/h3-8,10H,9,11H2,1-2H3,(H,25,28). The van der Waals surface area contributed by atoms with Crippen LogP contribution in [-0.2, 0) is 17.8 Å². The van der Waals surface area contributed by atoms with Crippen molar-refractivity contribution in [3.05, 3.63) is 87.4 Å². The Hall–Kier alpha value is -3.75. The lowest BCUT2D eigenvalue weighted by atomic mass is 10.1. The molecule has 154 valence electrons. The van der Waals surface area contributed by atoms with Crippen LogP contribution >= 0.6 is 0 Å². The van der Waals surface area contributed by atoms with Crippen molar-refractivity contribution in [3.8, 4) is 0 Å². The zero-order chi connectivity index (χ0) is 21.4. The van der Waals surface area contributed by atoms with Crippen molar-refractivity contribution in [1.29, 1.82) is 0 Å². The van der Waals surface area contributed by atoms with Crippen LogP contribution in [0.4, 0.5) is 14.5 Å². The topological polar surface area (TPSA) is 83.6 Å². The molecule has 0 aliphatic carbocycles. The van der Waals surface area contributed by atoms with Gasteiger partial charge in [0, 0.05) is 29.1 Å². The zero-order valence-electron chi connectivity index (χ0n) is 16.3. The molecule has 1 amide bonds. The van der Waals surface area contributed by atoms with Crippen molar-refractivity contribution in [2.75, 3.05) is 4.90 Å². The number of aromatic nitrogens is 3. The van der Waals surface area contributed by atoms with Crippen molar-refractivity contribution in [2.45, 2.75) is 26.8 Å². The summed E-state index contributed by atoms with van der Waals surface area (Å²) in [6.45, 7) is 3.47. The van der Waals surface area contributed by atoms with Crippen LogP contribution in [0.3, 0.4) is 0 Å². The van der Waals surface area contributed by atoms with Crippen molar-refractivity contribution in [2.24, 2.45) is 0 Å². The van der Waals surface area contributed by atoms with Gasteiger partial charge >= 0.3 is 0 Å². The summed E-state index contributed by atoms with van der Waals surface area (Å²) >= 11 is 0. The molecule has 0 fully saturated rings. The number of aryl methyl sites for hydroxylation is 2. The minimum Gasteiger partial charge on any atom is -0.467 e. The molecule has 30 heavy (non-hydrogen) atoms. The highest BCUT2D eigenvalue weighted by Gasteiger charge is 2.23. The van der Waals surface area contributed by atoms with E-state index >= 15 is 0 Å². The number of rotatable bonds is 5. The second-order valence-electron chi connectivity index (χ2n) is 6.91. The Balaban J connectivity index is 1.73. The summed E-state index contributed by atoms with van der Waals surface area (Å²) in [6.07, 6.45) is 1.35. The molecule has 3 heterocycles. The van der Waals surface area contributed by atoms with E-state index in [2.05, 4.69) is 10.1 Å². The number of carbonyl (C=O) groups is 1. The molecule has 0 saturated heterocycles. The van der Waals surface area contributed by atoms with Gasteiger partial charge in [0.05, 0.1) is 24.9 Å². The molecule has 0 saturated carbocycles. The Labute approximate surface area is 169 Å². The summed E-state index contributed by atoms with van der Waals surface area (Å²) in [6, 6.07) is 7.73. The number of halogens is 2. The Kier molecular flexibility index (Phi) is 4.94. The highest BCUT2D eigenvalue weighted by molar-refractivity contribution is 5.95. The maximum Gasteiger partial charge on any atom is 0.266 e. The fourth-order valence-corrected chi connectivity index (χ4v) is 3.42. The minimum absolute atomic E-state index is 0.0253. The third-order valence-electron chi connectivity index (χ3n) is 4.93. The first-order valence-corrected chi connectivity index (χ1v) is 9.19. The third kappa shape index (κ3) is 3.61. The number of H-pyrrole nitrogens is 1. The van der Waals surface area contributed by atoms with Gasteiger partial charge in [-0.05, 0) is 38.1 Å². The predicted molar refractivity (Wildman–Crippen MR) is 105 cm³/mol. The summed E-state index contributed by atoms with van der Waals surface area (Å²) in [5.41, 5.74) is 1.91. The van der Waals surface area contributed by atoms with Crippen molar-refractivity contribution < 1.29 is 18.0 Å². The highest BCUT2D eigenvalue weighted by atomic mass is 19.1. The molecule has 9 heteroatoms. The quantitative estimate of drug-likeness (QED) is 0.545. The van der Waals surface area contributed by atoms with Crippen molar-refractivity contribution in [3.63, 3.8) is 0 Å².